The van der Waals surface area contributed by atoms with Gasteiger partial charge >= 0.3 is 0 Å². The minimum absolute atomic E-state index is 0.0821. The highest BCUT2D eigenvalue weighted by Crippen LogP contribution is 2.17. The molecule has 0 heterocycles. The molecule has 2 amide bonds. The molecule has 154 valence electrons. The number of thioether (sulfide) groups is 1. The molecular weight excluding hydrogens is 410 g/mol. The van der Waals surface area contributed by atoms with Gasteiger partial charge in [-0.2, -0.15) is 0 Å². The lowest BCUT2D eigenvalue weighted by Crippen LogP contribution is -2.43. The van der Waals surface area contributed by atoms with Gasteiger partial charge in [0.2, 0.25) is 21.8 Å². The molecule has 0 spiro atoms. The third kappa shape index (κ3) is 9.42. The van der Waals surface area contributed by atoms with E-state index in [1.807, 2.05) is 37.3 Å². The number of amides is 2. The van der Waals surface area contributed by atoms with Gasteiger partial charge in [0.25, 0.3) is 0 Å². The minimum atomic E-state index is -3.65. The highest BCUT2D eigenvalue weighted by atomic mass is 32.2. The fourth-order valence-electron chi connectivity index (χ4n) is 2.11. The number of aryl methyl sites for hydroxylation is 1. The van der Waals surface area contributed by atoms with Gasteiger partial charge in [0, 0.05) is 23.3 Å². The molecule has 3 N–H and O–H groups in total. The largest absolute Gasteiger partial charge is 0.273 e. The second kappa shape index (κ2) is 11.4. The van der Waals surface area contributed by atoms with Gasteiger partial charge in [0.1, 0.15) is 0 Å². The van der Waals surface area contributed by atoms with Crippen LogP contribution in [0, 0.1) is 6.92 Å². The third-order valence-electron chi connectivity index (χ3n) is 3.63. The Morgan fingerprint density at radius 3 is 2.31 bits per heavy atom. The van der Waals surface area contributed by atoms with Gasteiger partial charge in [-0.15, -0.1) is 11.8 Å². The Balaban J connectivity index is 1.64. The van der Waals surface area contributed by atoms with E-state index in [2.05, 4.69) is 15.6 Å². The maximum Gasteiger partial charge on any atom is 0.248 e. The van der Waals surface area contributed by atoms with E-state index in [1.54, 1.807) is 24.3 Å². The van der Waals surface area contributed by atoms with Crippen molar-refractivity contribution in [2.45, 2.75) is 18.2 Å². The summed E-state index contributed by atoms with van der Waals surface area (Å²) in [4.78, 5) is 24.5. The van der Waals surface area contributed by atoms with Crippen LogP contribution in [0.5, 0.6) is 0 Å². The minimum Gasteiger partial charge on any atom is -0.273 e. The van der Waals surface area contributed by atoms with Crippen LogP contribution in [0.1, 0.15) is 17.5 Å². The number of rotatable bonds is 9. The van der Waals surface area contributed by atoms with Crippen molar-refractivity contribution in [3.63, 3.8) is 0 Å². The van der Waals surface area contributed by atoms with Crippen LogP contribution in [0.15, 0.2) is 64.9 Å². The molecule has 0 saturated carbocycles. The smallest absolute Gasteiger partial charge is 0.248 e. The number of carbonyl (C=O) groups is 2. The van der Waals surface area contributed by atoms with E-state index < -0.39 is 15.9 Å². The summed E-state index contributed by atoms with van der Waals surface area (Å²) in [5.41, 5.74) is 6.46. The number of hydrogen-bond acceptors (Lipinski definition) is 5. The second-order valence-electron chi connectivity index (χ2n) is 6.10. The monoisotopic (exact) mass is 433 g/mol. The predicted octanol–water partition coefficient (Wildman–Crippen LogP) is 2.21. The Kier molecular flexibility index (Phi) is 8.91. The lowest BCUT2D eigenvalue weighted by molar-refractivity contribution is -0.127. The molecule has 0 fully saturated rings. The Morgan fingerprint density at radius 1 is 0.966 bits per heavy atom. The zero-order valence-corrected chi connectivity index (χ0v) is 17.6. The summed E-state index contributed by atoms with van der Waals surface area (Å²) in [6.45, 7) is 1.90. The SMILES string of the molecule is Cc1ccc(SCC(=O)NNC(=O)CCNS(=O)(=O)/C=C/c2ccccc2)cc1. The van der Waals surface area contributed by atoms with Crippen LogP contribution < -0.4 is 15.6 Å². The highest BCUT2D eigenvalue weighted by molar-refractivity contribution is 8.00. The van der Waals surface area contributed by atoms with Gasteiger partial charge in [-0.1, -0.05) is 48.0 Å². The van der Waals surface area contributed by atoms with E-state index in [0.717, 1.165) is 21.4 Å². The van der Waals surface area contributed by atoms with Crippen LogP contribution in [0.4, 0.5) is 0 Å². The molecule has 29 heavy (non-hydrogen) atoms. The van der Waals surface area contributed by atoms with E-state index in [9.17, 15) is 18.0 Å². The van der Waals surface area contributed by atoms with Crippen LogP contribution >= 0.6 is 11.8 Å². The van der Waals surface area contributed by atoms with Crippen molar-refractivity contribution in [1.29, 1.82) is 0 Å². The molecular formula is C20H23N3O4S2. The number of nitrogens with one attached hydrogen (secondary N) is 3. The zero-order valence-electron chi connectivity index (χ0n) is 15.9. The first-order chi connectivity index (χ1) is 13.8. The normalized spacial score (nSPS) is 11.3. The predicted molar refractivity (Wildman–Crippen MR) is 115 cm³/mol. The van der Waals surface area contributed by atoms with Crippen molar-refractivity contribution in [3.8, 4) is 0 Å². The van der Waals surface area contributed by atoms with Gasteiger partial charge < -0.3 is 0 Å². The molecule has 2 rings (SSSR count). The fraction of sp³-hybridized carbons (Fsp3) is 0.200. The first kappa shape index (κ1) is 22.7. The quantitative estimate of drug-likeness (QED) is 0.415. The van der Waals surface area contributed by atoms with E-state index in [-0.39, 0.29) is 24.6 Å². The van der Waals surface area contributed by atoms with Crippen LogP contribution in [0.2, 0.25) is 0 Å². The summed E-state index contributed by atoms with van der Waals surface area (Å²) < 4.78 is 26.1. The van der Waals surface area contributed by atoms with Crippen molar-refractivity contribution in [2.75, 3.05) is 12.3 Å². The van der Waals surface area contributed by atoms with Crippen LogP contribution in [0.25, 0.3) is 6.08 Å². The molecule has 2 aromatic rings. The molecule has 0 bridgehead atoms. The number of hydrogen-bond donors (Lipinski definition) is 3. The molecule has 7 nitrogen and oxygen atoms in total. The van der Waals surface area contributed by atoms with E-state index in [4.69, 9.17) is 0 Å². The Bertz CT molecular complexity index is 943. The van der Waals surface area contributed by atoms with Crippen LogP contribution in [-0.2, 0) is 19.6 Å². The van der Waals surface area contributed by atoms with Gasteiger partial charge in [0.05, 0.1) is 5.75 Å². The maximum absolute atomic E-state index is 11.9. The molecule has 9 heteroatoms. The second-order valence-corrected chi connectivity index (χ2v) is 8.80. The van der Waals surface area contributed by atoms with Crippen molar-refractivity contribution in [2.24, 2.45) is 0 Å². The van der Waals surface area contributed by atoms with Crippen molar-refractivity contribution < 1.29 is 18.0 Å². The molecule has 0 radical (unpaired) electrons. The van der Waals surface area contributed by atoms with Gasteiger partial charge in [0.15, 0.2) is 0 Å². The standard InChI is InChI=1S/C20H23N3O4S2/c1-16-7-9-18(10-8-16)28-15-20(25)23-22-19(24)11-13-21-29(26,27)14-12-17-5-3-2-4-6-17/h2-10,12,14,21H,11,13,15H2,1H3,(H,22,24)(H,23,25)/b14-12+. The zero-order chi connectivity index (χ0) is 21.1. The van der Waals surface area contributed by atoms with Gasteiger partial charge in [-0.05, 0) is 30.7 Å². The lowest BCUT2D eigenvalue weighted by Gasteiger charge is -2.08. The molecule has 0 atom stereocenters. The maximum atomic E-state index is 11.9. The first-order valence-electron chi connectivity index (χ1n) is 8.84. The summed E-state index contributed by atoms with van der Waals surface area (Å²) in [7, 11) is -3.65. The fourth-order valence-corrected chi connectivity index (χ4v) is 3.63. The number of benzene rings is 2. The molecule has 0 aliphatic carbocycles. The topological polar surface area (TPSA) is 104 Å². The first-order valence-corrected chi connectivity index (χ1v) is 11.4. The third-order valence-corrected chi connectivity index (χ3v) is 5.74. The Morgan fingerprint density at radius 2 is 1.62 bits per heavy atom. The summed E-state index contributed by atoms with van der Waals surface area (Å²) in [5.74, 6) is -0.691. The van der Waals surface area contributed by atoms with Crippen LogP contribution in [0.3, 0.4) is 0 Å². The number of carbonyl (C=O) groups excluding carboxylic acids is 2. The van der Waals surface area contributed by atoms with Gasteiger partial charge in [-0.3, -0.25) is 20.4 Å². The van der Waals surface area contributed by atoms with E-state index in [0.29, 0.717) is 0 Å². The van der Waals surface area contributed by atoms with Crippen molar-refractivity contribution in [3.05, 3.63) is 71.1 Å². The average molecular weight is 434 g/mol. The Hall–Kier alpha value is -2.62. The summed E-state index contributed by atoms with van der Waals surface area (Å²) in [5, 5.41) is 1.05. The molecule has 0 aliphatic heterocycles. The Labute approximate surface area is 175 Å². The number of hydrazine groups is 1. The van der Waals surface area contributed by atoms with Gasteiger partial charge in [-0.25, -0.2) is 13.1 Å². The van der Waals surface area contributed by atoms with Crippen molar-refractivity contribution in [1.82, 2.24) is 15.6 Å². The summed E-state index contributed by atoms with van der Waals surface area (Å²) in [6, 6.07) is 16.8. The summed E-state index contributed by atoms with van der Waals surface area (Å²) in [6.07, 6.45) is 1.36. The molecule has 2 aromatic carbocycles. The summed E-state index contributed by atoms with van der Waals surface area (Å²) >= 11 is 1.35. The molecule has 0 unspecified atom stereocenters. The molecule has 0 aliphatic rings. The molecule has 0 aromatic heterocycles. The number of sulfonamides is 1. The molecule has 0 saturated heterocycles. The highest BCUT2D eigenvalue weighted by Gasteiger charge is 2.08. The van der Waals surface area contributed by atoms with Crippen LogP contribution in [-0.4, -0.2) is 32.5 Å². The van der Waals surface area contributed by atoms with Crippen molar-refractivity contribution >= 4 is 39.7 Å². The van der Waals surface area contributed by atoms with E-state index >= 15 is 0 Å². The average Bonchev–Trinajstić information content (AvgIpc) is 2.71. The lowest BCUT2D eigenvalue weighted by atomic mass is 10.2. The van der Waals surface area contributed by atoms with E-state index in [1.165, 1.54) is 17.8 Å².